The minimum Gasteiger partial charge on any atom is -0.485 e. The molecule has 1 heterocycles. The highest BCUT2D eigenvalue weighted by Gasteiger charge is 2.07. The summed E-state index contributed by atoms with van der Waals surface area (Å²) < 4.78 is 7.71. The second kappa shape index (κ2) is 5.61. The topological polar surface area (TPSA) is 45.9 Å². The molecule has 0 spiro atoms. The molecule has 20 heavy (non-hydrogen) atoms. The summed E-state index contributed by atoms with van der Waals surface area (Å²) in [5.74, 6) is 0.579. The molecule has 0 amide bonds. The fraction of sp³-hybridized carbons (Fsp3) is 0.0667. The molecule has 3 aromatic rings. The van der Waals surface area contributed by atoms with Gasteiger partial charge < -0.3 is 4.74 Å². The number of fused-ring (bicyclic) bond motifs is 1. The van der Waals surface area contributed by atoms with Crippen molar-refractivity contribution in [1.29, 1.82) is 5.26 Å². The SMILES string of the molecule is N#Cc1cc(Br)ccc1OCc1nc2ccccc2s1. The van der Waals surface area contributed by atoms with Gasteiger partial charge in [-0.15, -0.1) is 11.3 Å². The zero-order chi connectivity index (χ0) is 13.9. The molecule has 0 aliphatic heterocycles. The summed E-state index contributed by atoms with van der Waals surface area (Å²) in [6, 6.07) is 15.5. The Kier molecular flexibility index (Phi) is 3.68. The summed E-state index contributed by atoms with van der Waals surface area (Å²) in [7, 11) is 0. The Labute approximate surface area is 128 Å². The van der Waals surface area contributed by atoms with Gasteiger partial charge in [0.2, 0.25) is 0 Å². The molecule has 1 aromatic heterocycles. The molecule has 98 valence electrons. The molecule has 3 rings (SSSR count). The van der Waals surface area contributed by atoms with E-state index in [-0.39, 0.29) is 0 Å². The molecule has 0 bridgehead atoms. The van der Waals surface area contributed by atoms with Crippen LogP contribution in [0.2, 0.25) is 0 Å². The maximum Gasteiger partial charge on any atom is 0.140 e. The number of halogens is 1. The zero-order valence-corrected chi connectivity index (χ0v) is 12.7. The maximum atomic E-state index is 9.09. The lowest BCUT2D eigenvalue weighted by atomic mass is 10.2. The second-order valence-corrected chi connectivity index (χ2v) is 6.15. The number of benzene rings is 2. The predicted octanol–water partition coefficient (Wildman–Crippen LogP) is 4.51. The standard InChI is InChI=1S/C15H9BrN2OS/c16-11-5-6-13(10(7-11)8-17)19-9-15-18-12-3-1-2-4-14(12)20-15/h1-7H,9H2. The zero-order valence-electron chi connectivity index (χ0n) is 10.3. The first kappa shape index (κ1) is 13.1. The fourth-order valence-corrected chi connectivity index (χ4v) is 3.08. The van der Waals surface area contributed by atoms with E-state index in [2.05, 4.69) is 27.0 Å². The quantitative estimate of drug-likeness (QED) is 0.702. The van der Waals surface area contributed by atoms with E-state index in [1.165, 1.54) is 0 Å². The Bertz CT molecular complexity index is 774. The van der Waals surface area contributed by atoms with Gasteiger partial charge in [-0.2, -0.15) is 5.26 Å². The number of nitriles is 1. The van der Waals surface area contributed by atoms with Gasteiger partial charge in [-0.3, -0.25) is 0 Å². The highest BCUT2D eigenvalue weighted by Crippen LogP contribution is 2.26. The first-order valence-corrected chi connectivity index (χ1v) is 7.54. The monoisotopic (exact) mass is 344 g/mol. The lowest BCUT2D eigenvalue weighted by Gasteiger charge is -2.05. The van der Waals surface area contributed by atoms with Crippen LogP contribution < -0.4 is 4.74 Å². The van der Waals surface area contributed by atoms with Crippen LogP contribution in [-0.2, 0) is 6.61 Å². The lowest BCUT2D eigenvalue weighted by molar-refractivity contribution is 0.305. The largest absolute Gasteiger partial charge is 0.485 e. The third-order valence-electron chi connectivity index (χ3n) is 2.75. The van der Waals surface area contributed by atoms with Crippen molar-refractivity contribution >= 4 is 37.5 Å². The van der Waals surface area contributed by atoms with Crippen molar-refractivity contribution in [3.8, 4) is 11.8 Å². The van der Waals surface area contributed by atoms with E-state index in [0.29, 0.717) is 17.9 Å². The van der Waals surface area contributed by atoms with Crippen LogP contribution >= 0.6 is 27.3 Å². The number of hydrogen-bond donors (Lipinski definition) is 0. The van der Waals surface area contributed by atoms with E-state index in [4.69, 9.17) is 10.00 Å². The van der Waals surface area contributed by atoms with Crippen molar-refractivity contribution in [3.63, 3.8) is 0 Å². The third kappa shape index (κ3) is 2.67. The van der Waals surface area contributed by atoms with Crippen molar-refractivity contribution in [3.05, 3.63) is 57.5 Å². The molecule has 0 unspecified atom stereocenters. The predicted molar refractivity (Wildman–Crippen MR) is 82.8 cm³/mol. The van der Waals surface area contributed by atoms with Gasteiger partial charge in [0.25, 0.3) is 0 Å². The summed E-state index contributed by atoms with van der Waals surface area (Å²) in [5, 5.41) is 9.99. The van der Waals surface area contributed by atoms with Gasteiger partial charge in [-0.25, -0.2) is 4.98 Å². The molecule has 2 aromatic carbocycles. The molecule has 0 N–H and O–H groups in total. The summed E-state index contributed by atoms with van der Waals surface area (Å²) in [6.45, 7) is 0.371. The van der Waals surface area contributed by atoms with Gasteiger partial charge in [0.05, 0.1) is 15.8 Å². The number of nitrogens with zero attached hydrogens (tertiary/aromatic N) is 2. The molecule has 0 saturated heterocycles. The summed E-state index contributed by atoms with van der Waals surface area (Å²) >= 11 is 4.94. The van der Waals surface area contributed by atoms with Gasteiger partial charge in [-0.05, 0) is 30.3 Å². The molecule has 0 aliphatic rings. The fourth-order valence-electron chi connectivity index (χ4n) is 1.84. The number of hydrogen-bond acceptors (Lipinski definition) is 4. The van der Waals surface area contributed by atoms with Gasteiger partial charge in [0, 0.05) is 4.47 Å². The molecule has 0 fully saturated rings. The van der Waals surface area contributed by atoms with E-state index in [0.717, 1.165) is 19.7 Å². The van der Waals surface area contributed by atoms with Crippen molar-refractivity contribution in [2.45, 2.75) is 6.61 Å². The van der Waals surface area contributed by atoms with Crippen LogP contribution in [0.15, 0.2) is 46.9 Å². The van der Waals surface area contributed by atoms with Crippen molar-refractivity contribution < 1.29 is 4.74 Å². The van der Waals surface area contributed by atoms with Crippen LogP contribution in [0.25, 0.3) is 10.2 Å². The van der Waals surface area contributed by atoms with Crippen LogP contribution in [0.4, 0.5) is 0 Å². The Morgan fingerprint density at radius 2 is 2.10 bits per heavy atom. The first-order valence-electron chi connectivity index (χ1n) is 5.93. The highest BCUT2D eigenvalue weighted by molar-refractivity contribution is 9.10. The van der Waals surface area contributed by atoms with Gasteiger partial charge in [-0.1, -0.05) is 28.1 Å². The summed E-state index contributed by atoms with van der Waals surface area (Å²) in [4.78, 5) is 4.50. The van der Waals surface area contributed by atoms with E-state index in [1.807, 2.05) is 30.3 Å². The summed E-state index contributed by atoms with van der Waals surface area (Å²) in [6.07, 6.45) is 0. The number of para-hydroxylation sites is 1. The Morgan fingerprint density at radius 1 is 1.25 bits per heavy atom. The smallest absolute Gasteiger partial charge is 0.140 e. The van der Waals surface area contributed by atoms with E-state index in [9.17, 15) is 0 Å². The third-order valence-corrected chi connectivity index (χ3v) is 4.25. The van der Waals surface area contributed by atoms with Gasteiger partial charge >= 0.3 is 0 Å². The number of ether oxygens (including phenoxy) is 1. The number of aromatic nitrogens is 1. The maximum absolute atomic E-state index is 9.09. The molecule has 0 aliphatic carbocycles. The number of thiazole rings is 1. The van der Waals surface area contributed by atoms with Crippen molar-refractivity contribution in [1.82, 2.24) is 4.98 Å². The van der Waals surface area contributed by atoms with E-state index >= 15 is 0 Å². The minimum atomic E-state index is 0.371. The van der Waals surface area contributed by atoms with Crippen LogP contribution in [-0.4, -0.2) is 4.98 Å². The second-order valence-electron chi connectivity index (χ2n) is 4.12. The first-order chi connectivity index (χ1) is 9.76. The van der Waals surface area contributed by atoms with Crippen molar-refractivity contribution in [2.75, 3.05) is 0 Å². The Morgan fingerprint density at radius 3 is 2.90 bits per heavy atom. The van der Waals surface area contributed by atoms with Gasteiger partial charge in [0.15, 0.2) is 0 Å². The molecule has 3 nitrogen and oxygen atoms in total. The van der Waals surface area contributed by atoms with Crippen LogP contribution in [0.5, 0.6) is 5.75 Å². The van der Waals surface area contributed by atoms with Crippen LogP contribution in [0.3, 0.4) is 0 Å². The average molecular weight is 345 g/mol. The van der Waals surface area contributed by atoms with Gasteiger partial charge in [0.1, 0.15) is 23.4 Å². The van der Waals surface area contributed by atoms with E-state index < -0.39 is 0 Å². The van der Waals surface area contributed by atoms with E-state index in [1.54, 1.807) is 23.5 Å². The van der Waals surface area contributed by atoms with Crippen molar-refractivity contribution in [2.24, 2.45) is 0 Å². The molecule has 0 saturated carbocycles. The normalized spacial score (nSPS) is 10.4. The number of rotatable bonds is 3. The highest BCUT2D eigenvalue weighted by atomic mass is 79.9. The summed E-state index contributed by atoms with van der Waals surface area (Å²) in [5.41, 5.74) is 1.49. The minimum absolute atomic E-state index is 0.371. The molecule has 5 heteroatoms. The molecule has 0 radical (unpaired) electrons. The van der Waals surface area contributed by atoms with Crippen LogP contribution in [0, 0.1) is 11.3 Å². The average Bonchev–Trinajstić information content (AvgIpc) is 2.88. The molecular weight excluding hydrogens is 336 g/mol. The Balaban J connectivity index is 1.81. The lowest BCUT2D eigenvalue weighted by Crippen LogP contribution is -1.96. The Hall–Kier alpha value is -1.90. The molecule has 0 atom stereocenters. The molecular formula is C15H9BrN2OS. The van der Waals surface area contributed by atoms with Crippen LogP contribution in [0.1, 0.15) is 10.6 Å².